The molecular formula is C19H19FN8O2. The fourth-order valence-electron chi connectivity index (χ4n) is 2.48. The van der Waals surface area contributed by atoms with E-state index in [0.717, 1.165) is 0 Å². The molecule has 154 valence electrons. The van der Waals surface area contributed by atoms with Crippen LogP contribution in [0.1, 0.15) is 24.0 Å². The molecule has 1 aromatic carbocycles. The van der Waals surface area contributed by atoms with Gasteiger partial charge in [-0.3, -0.25) is 9.79 Å². The second-order valence-electron chi connectivity index (χ2n) is 6.15. The number of nitrogens with one attached hydrogen (secondary N) is 1. The standard InChI is InChI=1S/C19H19FN8O2/c1-10(29)25-16-17(22)26-19(27-18(16)23)13(21)8-15(14-6-7-30-28-14)24-9-11-4-2-3-5-12(11)20/h2-8H,9,21H2,1H3,(H,25,29)(H4,22,23,26,27). The van der Waals surface area contributed by atoms with Crippen LogP contribution in [0.25, 0.3) is 5.70 Å². The van der Waals surface area contributed by atoms with Gasteiger partial charge in [0, 0.05) is 18.6 Å². The summed E-state index contributed by atoms with van der Waals surface area (Å²) in [6, 6.07) is 7.85. The number of halogens is 1. The van der Waals surface area contributed by atoms with Crippen LogP contribution < -0.4 is 22.5 Å². The maximum Gasteiger partial charge on any atom is 0.221 e. The third-order valence-electron chi connectivity index (χ3n) is 3.89. The number of anilines is 3. The van der Waals surface area contributed by atoms with Crippen molar-refractivity contribution in [2.75, 3.05) is 16.8 Å². The second-order valence-corrected chi connectivity index (χ2v) is 6.15. The van der Waals surface area contributed by atoms with E-state index in [0.29, 0.717) is 17.0 Å². The predicted molar refractivity (Wildman–Crippen MR) is 110 cm³/mol. The van der Waals surface area contributed by atoms with Crippen LogP contribution in [0.4, 0.5) is 21.7 Å². The summed E-state index contributed by atoms with van der Waals surface area (Å²) in [4.78, 5) is 23.8. The molecule has 0 atom stereocenters. The SMILES string of the molecule is CC(=O)Nc1c(N)nc(C(N)=CC(=NCc2ccccc2F)c2ccon2)nc1N. The lowest BCUT2D eigenvalue weighted by molar-refractivity contribution is -0.114. The lowest BCUT2D eigenvalue weighted by atomic mass is 10.2. The maximum atomic E-state index is 13.9. The molecule has 10 nitrogen and oxygen atoms in total. The quantitative estimate of drug-likeness (QED) is 0.445. The number of allylic oxidation sites excluding steroid dienone is 1. The molecule has 2 heterocycles. The number of carbonyl (C=O) groups is 1. The summed E-state index contributed by atoms with van der Waals surface area (Å²) in [5.41, 5.74) is 19.1. The van der Waals surface area contributed by atoms with Crippen molar-refractivity contribution < 1.29 is 13.7 Å². The fourth-order valence-corrected chi connectivity index (χ4v) is 2.48. The van der Waals surface area contributed by atoms with Crippen LogP contribution in [-0.2, 0) is 11.3 Å². The zero-order valence-electron chi connectivity index (χ0n) is 16.0. The van der Waals surface area contributed by atoms with Gasteiger partial charge in [-0.2, -0.15) is 0 Å². The van der Waals surface area contributed by atoms with Crippen LogP contribution in [0.15, 0.2) is 52.2 Å². The highest BCUT2D eigenvalue weighted by Crippen LogP contribution is 2.24. The highest BCUT2D eigenvalue weighted by Gasteiger charge is 2.14. The van der Waals surface area contributed by atoms with E-state index in [2.05, 4.69) is 25.4 Å². The largest absolute Gasteiger partial charge is 0.396 e. The Morgan fingerprint density at radius 2 is 1.93 bits per heavy atom. The van der Waals surface area contributed by atoms with Gasteiger partial charge in [0.25, 0.3) is 0 Å². The molecule has 3 rings (SSSR count). The van der Waals surface area contributed by atoms with Crippen LogP contribution >= 0.6 is 0 Å². The normalized spacial score (nSPS) is 12.1. The van der Waals surface area contributed by atoms with Gasteiger partial charge >= 0.3 is 0 Å². The van der Waals surface area contributed by atoms with Crippen molar-refractivity contribution in [3.05, 3.63) is 65.6 Å². The summed E-state index contributed by atoms with van der Waals surface area (Å²) in [5.74, 6) is -0.816. The van der Waals surface area contributed by atoms with Crippen LogP contribution in [0, 0.1) is 5.82 Å². The van der Waals surface area contributed by atoms with Crippen molar-refractivity contribution in [3.63, 3.8) is 0 Å². The van der Waals surface area contributed by atoms with Gasteiger partial charge in [-0.1, -0.05) is 23.4 Å². The molecule has 11 heteroatoms. The van der Waals surface area contributed by atoms with E-state index < -0.39 is 0 Å². The molecular weight excluding hydrogens is 391 g/mol. The Labute approximate surface area is 170 Å². The number of nitrogen functional groups attached to an aromatic ring is 2. The molecule has 30 heavy (non-hydrogen) atoms. The summed E-state index contributed by atoms with van der Waals surface area (Å²) in [5, 5.41) is 6.30. The summed E-state index contributed by atoms with van der Waals surface area (Å²) in [7, 11) is 0. The molecule has 0 radical (unpaired) electrons. The topological polar surface area (TPSA) is 171 Å². The Balaban J connectivity index is 1.96. The first kappa shape index (κ1) is 20.5. The number of amides is 1. The highest BCUT2D eigenvalue weighted by molar-refractivity contribution is 6.10. The number of hydrogen-bond acceptors (Lipinski definition) is 9. The third kappa shape index (κ3) is 4.76. The van der Waals surface area contributed by atoms with Gasteiger partial charge in [0.2, 0.25) is 5.91 Å². The average Bonchev–Trinajstić information content (AvgIpc) is 3.23. The lowest BCUT2D eigenvalue weighted by Crippen LogP contribution is -2.15. The molecule has 0 fully saturated rings. The Kier molecular flexibility index (Phi) is 6.01. The number of aromatic nitrogens is 3. The summed E-state index contributed by atoms with van der Waals surface area (Å²) in [6.07, 6.45) is 2.82. The minimum Gasteiger partial charge on any atom is -0.396 e. The Bertz CT molecular complexity index is 1100. The van der Waals surface area contributed by atoms with E-state index in [1.165, 1.54) is 25.3 Å². The molecule has 0 aliphatic carbocycles. The van der Waals surface area contributed by atoms with E-state index in [1.807, 2.05) is 0 Å². The monoisotopic (exact) mass is 410 g/mol. The minimum absolute atomic E-state index is 0.0289. The Hall–Kier alpha value is -4.28. The number of benzene rings is 1. The zero-order chi connectivity index (χ0) is 21.7. The predicted octanol–water partition coefficient (Wildman–Crippen LogP) is 1.72. The highest BCUT2D eigenvalue weighted by atomic mass is 19.1. The van der Waals surface area contributed by atoms with Crippen molar-refractivity contribution in [2.24, 2.45) is 10.7 Å². The molecule has 0 spiro atoms. The van der Waals surface area contributed by atoms with Gasteiger partial charge in [-0.15, -0.1) is 0 Å². The lowest BCUT2D eigenvalue weighted by Gasteiger charge is -2.10. The molecule has 7 N–H and O–H groups in total. The number of rotatable bonds is 6. The van der Waals surface area contributed by atoms with Crippen molar-refractivity contribution in [3.8, 4) is 0 Å². The van der Waals surface area contributed by atoms with Gasteiger partial charge < -0.3 is 27.0 Å². The molecule has 3 aromatic rings. The molecule has 0 saturated heterocycles. The van der Waals surface area contributed by atoms with E-state index >= 15 is 0 Å². The average molecular weight is 410 g/mol. The number of nitrogens with two attached hydrogens (primary N) is 3. The van der Waals surface area contributed by atoms with Crippen molar-refractivity contribution in [1.82, 2.24) is 15.1 Å². The summed E-state index contributed by atoms with van der Waals surface area (Å²) in [6.45, 7) is 1.35. The minimum atomic E-state index is -0.379. The van der Waals surface area contributed by atoms with Crippen molar-refractivity contribution in [2.45, 2.75) is 13.5 Å². The first-order valence-electron chi connectivity index (χ1n) is 8.72. The Morgan fingerprint density at radius 1 is 1.23 bits per heavy atom. The van der Waals surface area contributed by atoms with Gasteiger partial charge in [-0.05, 0) is 12.1 Å². The second kappa shape index (κ2) is 8.82. The maximum absolute atomic E-state index is 13.9. The zero-order valence-corrected chi connectivity index (χ0v) is 16.0. The van der Waals surface area contributed by atoms with Crippen LogP contribution in [0.5, 0.6) is 0 Å². The van der Waals surface area contributed by atoms with Crippen molar-refractivity contribution in [1.29, 1.82) is 0 Å². The van der Waals surface area contributed by atoms with Gasteiger partial charge in [-0.25, -0.2) is 14.4 Å². The summed E-state index contributed by atoms with van der Waals surface area (Å²) >= 11 is 0. The fraction of sp³-hybridized carbons (Fsp3) is 0.105. The number of nitrogens with zero attached hydrogens (tertiary/aromatic N) is 4. The van der Waals surface area contributed by atoms with Crippen LogP contribution in [-0.4, -0.2) is 26.7 Å². The molecule has 0 saturated carbocycles. The number of aliphatic imine (C=N–C) groups is 1. The molecule has 2 aromatic heterocycles. The molecule has 0 aliphatic heterocycles. The first-order valence-corrected chi connectivity index (χ1v) is 8.72. The molecule has 0 unspecified atom stereocenters. The van der Waals surface area contributed by atoms with Crippen LogP contribution in [0.3, 0.4) is 0 Å². The molecule has 0 aliphatic rings. The van der Waals surface area contributed by atoms with Gasteiger partial charge in [0.1, 0.15) is 23.5 Å². The summed E-state index contributed by atoms with van der Waals surface area (Å²) < 4.78 is 18.8. The molecule has 0 bridgehead atoms. The van der Waals surface area contributed by atoms with Gasteiger partial charge in [0.15, 0.2) is 17.5 Å². The van der Waals surface area contributed by atoms with Crippen LogP contribution in [0.2, 0.25) is 0 Å². The van der Waals surface area contributed by atoms with Crippen molar-refractivity contribution >= 4 is 34.6 Å². The smallest absolute Gasteiger partial charge is 0.221 e. The Morgan fingerprint density at radius 3 is 2.53 bits per heavy atom. The number of hydrogen-bond donors (Lipinski definition) is 4. The van der Waals surface area contributed by atoms with Gasteiger partial charge in [0.05, 0.1) is 18.0 Å². The van der Waals surface area contributed by atoms with E-state index in [4.69, 9.17) is 21.7 Å². The third-order valence-corrected chi connectivity index (χ3v) is 3.89. The molecule has 1 amide bonds. The van der Waals surface area contributed by atoms with E-state index in [-0.39, 0.29) is 47.1 Å². The van der Waals surface area contributed by atoms with E-state index in [1.54, 1.807) is 24.3 Å². The first-order chi connectivity index (χ1) is 14.3. The number of carbonyl (C=O) groups excluding carboxylic acids is 1. The van der Waals surface area contributed by atoms with E-state index in [9.17, 15) is 9.18 Å².